The monoisotopic (exact) mass is 195 g/mol. The Kier molecular flexibility index (Phi) is 3.59. The number of benzene rings is 1. The van der Waals surface area contributed by atoms with Crippen molar-refractivity contribution in [2.45, 2.75) is 19.4 Å². The molecule has 4 nitrogen and oxygen atoms in total. The predicted octanol–water partition coefficient (Wildman–Crippen LogP) is 1.56. The van der Waals surface area contributed by atoms with Gasteiger partial charge in [0.1, 0.15) is 6.10 Å². The van der Waals surface area contributed by atoms with Crippen molar-refractivity contribution in [1.82, 2.24) is 0 Å². The van der Waals surface area contributed by atoms with Crippen LogP contribution < -0.4 is 0 Å². The van der Waals surface area contributed by atoms with Gasteiger partial charge in [0.25, 0.3) is 0 Å². The quantitative estimate of drug-likeness (QED) is 0.585. The van der Waals surface area contributed by atoms with Gasteiger partial charge in [0.15, 0.2) is 0 Å². The molecule has 1 aromatic carbocycles. The largest absolute Gasteiger partial charge is 0.382 e. The maximum Gasteiger partial charge on any atom is 0.233 e. The molecule has 0 saturated carbocycles. The lowest BCUT2D eigenvalue weighted by Crippen LogP contribution is -2.11. The molecule has 0 fully saturated rings. The Morgan fingerprint density at radius 2 is 2.00 bits per heavy atom. The molecule has 76 valence electrons. The highest BCUT2D eigenvalue weighted by Crippen LogP contribution is 2.14. The van der Waals surface area contributed by atoms with Crippen molar-refractivity contribution in [3.05, 3.63) is 45.5 Å². The lowest BCUT2D eigenvalue weighted by atomic mass is 10.1. The van der Waals surface area contributed by atoms with Gasteiger partial charge < -0.3 is 5.11 Å². The van der Waals surface area contributed by atoms with Gasteiger partial charge in [0.05, 0.1) is 0 Å². The van der Waals surface area contributed by atoms with Crippen molar-refractivity contribution in [3.8, 4) is 0 Å². The van der Waals surface area contributed by atoms with Crippen molar-refractivity contribution in [1.29, 1.82) is 0 Å². The van der Waals surface area contributed by atoms with Gasteiger partial charge in [-0.1, -0.05) is 31.2 Å². The molecule has 1 N–H and O–H groups in total. The fourth-order valence-electron chi connectivity index (χ4n) is 1.22. The molecule has 0 aliphatic rings. The second-order valence-electron chi connectivity index (χ2n) is 3.13. The minimum atomic E-state index is -1.00. The Labute approximate surface area is 82.3 Å². The zero-order valence-corrected chi connectivity index (χ0v) is 8.01. The van der Waals surface area contributed by atoms with Crippen molar-refractivity contribution in [2.75, 3.05) is 6.54 Å². The van der Waals surface area contributed by atoms with Crippen LogP contribution in [0, 0.1) is 10.1 Å². The van der Waals surface area contributed by atoms with E-state index in [1.165, 1.54) is 0 Å². The van der Waals surface area contributed by atoms with E-state index in [2.05, 4.69) is 0 Å². The molecule has 4 heteroatoms. The number of aliphatic hydroxyl groups excluding tert-OH is 1. The molecule has 14 heavy (non-hydrogen) atoms. The molecular weight excluding hydrogens is 182 g/mol. The molecule has 1 rings (SSSR count). The van der Waals surface area contributed by atoms with E-state index in [0.29, 0.717) is 5.56 Å². The summed E-state index contributed by atoms with van der Waals surface area (Å²) in [5, 5.41) is 19.6. The standard InChI is InChI=1S/C10H13NO3/c1-2-8-3-5-9(6-4-8)10(12)7-11(13)14/h3-6,10,12H,2,7H2,1H3/t10-/m1/s1. The molecule has 0 aliphatic heterocycles. The van der Waals surface area contributed by atoms with E-state index >= 15 is 0 Å². The zero-order valence-electron chi connectivity index (χ0n) is 8.01. The first-order chi connectivity index (χ1) is 6.63. The smallest absolute Gasteiger partial charge is 0.233 e. The van der Waals surface area contributed by atoms with Crippen molar-refractivity contribution >= 4 is 0 Å². The zero-order chi connectivity index (χ0) is 10.6. The molecule has 0 radical (unpaired) electrons. The number of nitro groups is 1. The van der Waals surface area contributed by atoms with Crippen LogP contribution in [0.25, 0.3) is 0 Å². The van der Waals surface area contributed by atoms with Gasteiger partial charge in [-0.15, -0.1) is 0 Å². The van der Waals surface area contributed by atoms with E-state index in [1.807, 2.05) is 19.1 Å². The van der Waals surface area contributed by atoms with Gasteiger partial charge in [-0.05, 0) is 17.5 Å². The first kappa shape index (κ1) is 10.7. The van der Waals surface area contributed by atoms with Gasteiger partial charge >= 0.3 is 0 Å². The molecule has 0 bridgehead atoms. The fraction of sp³-hybridized carbons (Fsp3) is 0.400. The van der Waals surface area contributed by atoms with E-state index in [-0.39, 0.29) is 0 Å². The van der Waals surface area contributed by atoms with Gasteiger partial charge in [0, 0.05) is 4.92 Å². The van der Waals surface area contributed by atoms with E-state index in [9.17, 15) is 15.2 Å². The van der Waals surface area contributed by atoms with Crippen LogP contribution in [0.2, 0.25) is 0 Å². The molecule has 0 amide bonds. The van der Waals surface area contributed by atoms with Crippen LogP contribution in [0.4, 0.5) is 0 Å². The van der Waals surface area contributed by atoms with Gasteiger partial charge in [-0.2, -0.15) is 0 Å². The number of nitrogens with zero attached hydrogens (tertiary/aromatic N) is 1. The second-order valence-corrected chi connectivity index (χ2v) is 3.13. The molecule has 0 spiro atoms. The van der Waals surface area contributed by atoms with Crippen LogP contribution in [0.5, 0.6) is 0 Å². The van der Waals surface area contributed by atoms with Crippen LogP contribution in [0.15, 0.2) is 24.3 Å². The lowest BCUT2D eigenvalue weighted by molar-refractivity contribution is -0.491. The normalized spacial score (nSPS) is 12.4. The summed E-state index contributed by atoms with van der Waals surface area (Å²) in [5.41, 5.74) is 1.75. The van der Waals surface area contributed by atoms with Gasteiger partial charge in [-0.25, -0.2) is 0 Å². The Morgan fingerprint density at radius 1 is 1.43 bits per heavy atom. The summed E-state index contributed by atoms with van der Waals surface area (Å²) in [7, 11) is 0. The van der Waals surface area contributed by atoms with Crippen LogP contribution in [-0.2, 0) is 6.42 Å². The molecule has 1 atom stereocenters. The Morgan fingerprint density at radius 3 is 2.43 bits per heavy atom. The van der Waals surface area contributed by atoms with E-state index in [0.717, 1.165) is 12.0 Å². The third-order valence-electron chi connectivity index (χ3n) is 2.09. The van der Waals surface area contributed by atoms with Gasteiger partial charge in [-0.3, -0.25) is 10.1 Å². The third-order valence-corrected chi connectivity index (χ3v) is 2.09. The van der Waals surface area contributed by atoms with E-state index < -0.39 is 17.6 Å². The predicted molar refractivity (Wildman–Crippen MR) is 52.6 cm³/mol. The Balaban J connectivity index is 2.71. The highest BCUT2D eigenvalue weighted by atomic mass is 16.6. The van der Waals surface area contributed by atoms with Crippen molar-refractivity contribution in [3.63, 3.8) is 0 Å². The molecular formula is C10H13NO3. The number of hydrogen-bond donors (Lipinski definition) is 1. The number of aryl methyl sites for hydroxylation is 1. The minimum absolute atomic E-state index is 0.439. The van der Waals surface area contributed by atoms with Crippen molar-refractivity contribution in [2.24, 2.45) is 0 Å². The second kappa shape index (κ2) is 4.72. The average molecular weight is 195 g/mol. The summed E-state index contributed by atoms with van der Waals surface area (Å²) in [6.45, 7) is 1.59. The van der Waals surface area contributed by atoms with Crippen LogP contribution in [0.3, 0.4) is 0 Å². The number of aliphatic hydroxyl groups is 1. The topological polar surface area (TPSA) is 63.4 Å². The molecule has 0 aromatic heterocycles. The Hall–Kier alpha value is -1.42. The molecule has 0 unspecified atom stereocenters. The molecule has 0 aliphatic carbocycles. The summed E-state index contributed by atoms with van der Waals surface area (Å²) in [6.07, 6.45) is -0.0816. The highest BCUT2D eigenvalue weighted by molar-refractivity contribution is 5.24. The third kappa shape index (κ3) is 2.81. The first-order valence-electron chi connectivity index (χ1n) is 4.52. The minimum Gasteiger partial charge on any atom is -0.382 e. The molecule has 1 aromatic rings. The SMILES string of the molecule is CCc1ccc([C@H](O)C[N+](=O)[O-])cc1. The summed E-state index contributed by atoms with van der Waals surface area (Å²) in [5.74, 6) is 0. The van der Waals surface area contributed by atoms with E-state index in [1.54, 1.807) is 12.1 Å². The number of hydrogen-bond acceptors (Lipinski definition) is 3. The van der Waals surface area contributed by atoms with Crippen LogP contribution in [0.1, 0.15) is 24.2 Å². The molecule has 0 saturated heterocycles. The summed E-state index contributed by atoms with van der Waals surface area (Å²) in [6, 6.07) is 7.21. The van der Waals surface area contributed by atoms with Crippen molar-refractivity contribution < 1.29 is 10.0 Å². The summed E-state index contributed by atoms with van der Waals surface area (Å²) >= 11 is 0. The summed E-state index contributed by atoms with van der Waals surface area (Å²) < 4.78 is 0. The number of rotatable bonds is 4. The van der Waals surface area contributed by atoms with E-state index in [4.69, 9.17) is 0 Å². The van der Waals surface area contributed by atoms with Crippen LogP contribution in [-0.4, -0.2) is 16.6 Å². The highest BCUT2D eigenvalue weighted by Gasteiger charge is 2.13. The summed E-state index contributed by atoms with van der Waals surface area (Å²) in [4.78, 5) is 9.64. The fourth-order valence-corrected chi connectivity index (χ4v) is 1.22. The Bertz CT molecular complexity index is 308. The first-order valence-corrected chi connectivity index (χ1v) is 4.52. The van der Waals surface area contributed by atoms with Gasteiger partial charge in [0.2, 0.25) is 6.54 Å². The van der Waals surface area contributed by atoms with Crippen LogP contribution >= 0.6 is 0 Å². The lowest BCUT2D eigenvalue weighted by Gasteiger charge is -2.06. The maximum atomic E-state index is 10.2. The maximum absolute atomic E-state index is 10.2. The molecule has 0 heterocycles. The average Bonchev–Trinajstić information content (AvgIpc) is 2.17.